The van der Waals surface area contributed by atoms with Crippen LogP contribution in [-0.2, 0) is 20.0 Å². The van der Waals surface area contributed by atoms with E-state index >= 15 is 0 Å². The molecule has 0 spiro atoms. The Hall–Kier alpha value is -3.25. The molecule has 0 fully saturated rings. The highest BCUT2D eigenvalue weighted by Crippen LogP contribution is 2.18. The summed E-state index contributed by atoms with van der Waals surface area (Å²) in [6, 6.07) is 10.9. The molecule has 0 atom stereocenters. The largest absolute Gasteiger partial charge is 0.356 e. The zero-order chi connectivity index (χ0) is 19.8. The number of rotatable bonds is 5. The Morgan fingerprint density at radius 2 is 1.19 bits per heavy atom. The average Bonchev–Trinajstić information content (AvgIpc) is 3.05. The molecular weight excluding hydrogens is 398 g/mol. The zero-order valence-corrected chi connectivity index (χ0v) is 15.0. The van der Waals surface area contributed by atoms with Crippen LogP contribution in [-0.4, -0.2) is 29.7 Å². The van der Waals surface area contributed by atoms with Crippen LogP contribution in [0.2, 0.25) is 0 Å². The molecule has 3 rings (SSSR count). The lowest BCUT2D eigenvalue weighted by atomic mass is 10.3. The van der Waals surface area contributed by atoms with Gasteiger partial charge in [-0.1, -0.05) is 18.2 Å². The lowest BCUT2D eigenvalue weighted by Gasteiger charge is -2.05. The Bertz CT molecular complexity index is 1270. The number of imidazole rings is 1. The molecule has 1 aromatic heterocycles. The van der Waals surface area contributed by atoms with Crippen LogP contribution < -0.4 is 5.69 Å². The lowest BCUT2D eigenvalue weighted by molar-refractivity contribution is -0.384. The predicted octanol–water partition coefficient (Wildman–Crippen LogP) is 1.03. The van der Waals surface area contributed by atoms with E-state index in [0.717, 1.165) is 36.7 Å². The van der Waals surface area contributed by atoms with E-state index in [1.54, 1.807) is 6.07 Å². The predicted molar refractivity (Wildman–Crippen MR) is 93.4 cm³/mol. The number of nitro groups is 1. The van der Waals surface area contributed by atoms with Gasteiger partial charge in [-0.3, -0.25) is 10.1 Å². The summed E-state index contributed by atoms with van der Waals surface area (Å²) in [7, 11) is -8.72. The second-order valence-corrected chi connectivity index (χ2v) is 8.88. The highest BCUT2D eigenvalue weighted by atomic mass is 32.2. The molecule has 10 nitrogen and oxygen atoms in total. The summed E-state index contributed by atoms with van der Waals surface area (Å²) in [6.45, 7) is 0. The molecule has 0 radical (unpaired) electrons. The molecule has 3 aromatic rings. The molecule has 0 N–H and O–H groups in total. The van der Waals surface area contributed by atoms with E-state index in [2.05, 4.69) is 0 Å². The second-order valence-electron chi connectivity index (χ2n) is 5.25. The second kappa shape index (κ2) is 6.48. The van der Waals surface area contributed by atoms with Crippen molar-refractivity contribution in [3.8, 4) is 0 Å². The fourth-order valence-corrected chi connectivity index (χ4v) is 4.77. The Balaban J connectivity index is 2.10. The first-order valence-corrected chi connectivity index (χ1v) is 10.1. The van der Waals surface area contributed by atoms with Gasteiger partial charge in [0.25, 0.3) is 25.7 Å². The van der Waals surface area contributed by atoms with Gasteiger partial charge in [-0.2, -0.15) is 7.94 Å². The maximum absolute atomic E-state index is 12.6. The molecule has 0 aliphatic heterocycles. The number of benzene rings is 2. The first-order valence-electron chi connectivity index (χ1n) is 7.26. The topological polar surface area (TPSA) is 138 Å². The van der Waals surface area contributed by atoms with E-state index in [4.69, 9.17) is 0 Å². The van der Waals surface area contributed by atoms with Crippen LogP contribution in [0, 0.1) is 10.1 Å². The van der Waals surface area contributed by atoms with Gasteiger partial charge in [0.1, 0.15) is 0 Å². The highest BCUT2D eigenvalue weighted by molar-refractivity contribution is 7.90. The van der Waals surface area contributed by atoms with E-state index in [1.807, 2.05) is 0 Å². The minimum Gasteiger partial charge on any atom is -0.258 e. The van der Waals surface area contributed by atoms with Gasteiger partial charge < -0.3 is 0 Å². The number of aromatic nitrogens is 2. The van der Waals surface area contributed by atoms with Crippen LogP contribution in [0.4, 0.5) is 5.69 Å². The number of nitrogens with zero attached hydrogens (tertiary/aromatic N) is 3. The third-order valence-electron chi connectivity index (χ3n) is 3.62. The summed E-state index contributed by atoms with van der Waals surface area (Å²) < 4.78 is 50.8. The van der Waals surface area contributed by atoms with E-state index in [1.165, 1.54) is 24.3 Å². The molecule has 12 heteroatoms. The molecule has 0 unspecified atom stereocenters. The van der Waals surface area contributed by atoms with Crippen LogP contribution in [0.15, 0.2) is 81.6 Å². The van der Waals surface area contributed by atoms with Gasteiger partial charge in [0.15, 0.2) is 0 Å². The quantitative estimate of drug-likeness (QED) is 0.453. The van der Waals surface area contributed by atoms with Gasteiger partial charge in [0.2, 0.25) is 0 Å². The first kappa shape index (κ1) is 18.5. The van der Waals surface area contributed by atoms with Crippen LogP contribution in [0.25, 0.3) is 0 Å². The molecule has 0 saturated carbocycles. The first-order chi connectivity index (χ1) is 12.7. The summed E-state index contributed by atoms with van der Waals surface area (Å²) in [6.07, 6.45) is 1.63. The number of nitro benzene ring substituents is 1. The fraction of sp³-hybridized carbons (Fsp3) is 0. The number of hydrogen-bond donors (Lipinski definition) is 0. The SMILES string of the molecule is O=c1n(S(=O)(=O)c2ccccc2)ccn1S(=O)(=O)c1ccc([N+](=O)[O-])cc1. The van der Waals surface area contributed by atoms with Crippen molar-refractivity contribution in [2.75, 3.05) is 0 Å². The maximum Gasteiger partial charge on any atom is 0.356 e. The van der Waals surface area contributed by atoms with Gasteiger partial charge in [-0.05, 0) is 24.3 Å². The minimum absolute atomic E-state index is 0.183. The van der Waals surface area contributed by atoms with Crippen molar-refractivity contribution in [3.05, 3.63) is 87.6 Å². The number of hydrogen-bond acceptors (Lipinski definition) is 7. The average molecular weight is 409 g/mol. The summed E-state index contributed by atoms with van der Waals surface area (Å²) in [4.78, 5) is 21.8. The van der Waals surface area contributed by atoms with Crippen molar-refractivity contribution in [1.82, 2.24) is 7.94 Å². The summed E-state index contributed by atoms with van der Waals surface area (Å²) in [5.41, 5.74) is -1.64. The molecule has 0 bridgehead atoms. The Morgan fingerprint density at radius 1 is 0.741 bits per heavy atom. The van der Waals surface area contributed by atoms with Crippen LogP contribution in [0.1, 0.15) is 0 Å². The molecule has 0 saturated heterocycles. The summed E-state index contributed by atoms with van der Waals surface area (Å²) in [5.74, 6) is 0. The van der Waals surface area contributed by atoms with Gasteiger partial charge in [-0.15, -0.1) is 0 Å². The van der Waals surface area contributed by atoms with Crippen LogP contribution in [0.3, 0.4) is 0 Å². The lowest BCUT2D eigenvalue weighted by Crippen LogP contribution is -2.32. The molecule has 140 valence electrons. The van der Waals surface area contributed by atoms with E-state index < -0.39 is 35.6 Å². The third kappa shape index (κ3) is 3.15. The van der Waals surface area contributed by atoms with Gasteiger partial charge in [-0.25, -0.2) is 21.6 Å². The normalized spacial score (nSPS) is 12.0. The van der Waals surface area contributed by atoms with Gasteiger partial charge in [0, 0.05) is 24.5 Å². The highest BCUT2D eigenvalue weighted by Gasteiger charge is 2.26. The van der Waals surface area contributed by atoms with Crippen LogP contribution >= 0.6 is 0 Å². The van der Waals surface area contributed by atoms with Gasteiger partial charge in [0.05, 0.1) is 14.7 Å². The standard InChI is InChI=1S/C15H11N3O7S2/c19-15-16(26(22,23)13-4-2-1-3-5-13)10-11-17(15)27(24,25)14-8-6-12(7-9-14)18(20)21/h1-11H. The van der Waals surface area contributed by atoms with E-state index in [9.17, 15) is 31.7 Å². The van der Waals surface area contributed by atoms with Crippen LogP contribution in [0.5, 0.6) is 0 Å². The molecule has 0 aliphatic carbocycles. The van der Waals surface area contributed by atoms with E-state index in [0.29, 0.717) is 3.97 Å². The molecule has 1 heterocycles. The monoisotopic (exact) mass is 409 g/mol. The Morgan fingerprint density at radius 3 is 1.63 bits per heavy atom. The molecule has 27 heavy (non-hydrogen) atoms. The third-order valence-corrected chi connectivity index (χ3v) is 6.95. The maximum atomic E-state index is 12.6. The van der Waals surface area contributed by atoms with Crippen molar-refractivity contribution in [2.45, 2.75) is 9.79 Å². The minimum atomic E-state index is -4.44. The molecule has 2 aromatic carbocycles. The molecule has 0 aliphatic rings. The van der Waals surface area contributed by atoms with Crippen molar-refractivity contribution < 1.29 is 21.8 Å². The number of non-ortho nitro benzene ring substituents is 1. The summed E-state index contributed by atoms with van der Waals surface area (Å²) in [5, 5.41) is 10.7. The van der Waals surface area contributed by atoms with E-state index in [-0.39, 0.29) is 14.6 Å². The summed E-state index contributed by atoms with van der Waals surface area (Å²) >= 11 is 0. The molecule has 0 amide bonds. The smallest absolute Gasteiger partial charge is 0.258 e. The molecular formula is C15H11N3O7S2. The fourth-order valence-electron chi connectivity index (χ4n) is 2.27. The van der Waals surface area contributed by atoms with Crippen molar-refractivity contribution >= 4 is 25.7 Å². The Labute approximate surface area is 153 Å². The van der Waals surface area contributed by atoms with Gasteiger partial charge >= 0.3 is 5.69 Å². The van der Waals surface area contributed by atoms with Crippen molar-refractivity contribution in [2.24, 2.45) is 0 Å². The van der Waals surface area contributed by atoms with Crippen molar-refractivity contribution in [3.63, 3.8) is 0 Å². The zero-order valence-electron chi connectivity index (χ0n) is 13.4. The Kier molecular flexibility index (Phi) is 4.45. The van der Waals surface area contributed by atoms with Crippen molar-refractivity contribution in [1.29, 1.82) is 0 Å².